The molecule has 0 nitrogen and oxygen atoms in total. The summed E-state index contributed by atoms with van der Waals surface area (Å²) in [5, 5.41) is 0. The van der Waals surface area contributed by atoms with Crippen LogP contribution in [0.4, 0.5) is 0 Å². The van der Waals surface area contributed by atoms with Crippen LogP contribution in [0, 0.1) is 0 Å². The van der Waals surface area contributed by atoms with Crippen molar-refractivity contribution in [2.24, 2.45) is 0 Å². The molecule has 0 radical (unpaired) electrons. The molecule has 0 aromatic heterocycles. The maximum atomic E-state index is 4.12. The van der Waals surface area contributed by atoms with Crippen molar-refractivity contribution >= 4 is 37.9 Å². The first-order valence-corrected chi connectivity index (χ1v) is 5.07. The molecule has 3 heteroatoms. The van der Waals surface area contributed by atoms with Gasteiger partial charge in [0.25, 0.3) is 0 Å². The van der Waals surface area contributed by atoms with Crippen molar-refractivity contribution in [3.05, 3.63) is 0 Å². The Morgan fingerprint density at radius 2 is 1.20 bits per heavy atom. The van der Waals surface area contributed by atoms with Crippen LogP contribution < -0.4 is 0 Å². The second-order valence-electron chi connectivity index (χ2n) is 2.97. The van der Waals surface area contributed by atoms with Gasteiger partial charge in [0.1, 0.15) is 0 Å². The fourth-order valence-corrected chi connectivity index (χ4v) is 0.636. The zero-order valence-corrected chi connectivity index (χ0v) is 9.65. The van der Waals surface area contributed by atoms with Crippen LogP contribution >= 0.6 is 37.9 Å². The van der Waals surface area contributed by atoms with E-state index < -0.39 is 0 Å². The molecule has 0 spiro atoms. The summed E-state index contributed by atoms with van der Waals surface area (Å²) in [7, 11) is 0. The first-order chi connectivity index (χ1) is 4.41. The van der Waals surface area contributed by atoms with Crippen LogP contribution in [-0.2, 0) is 0 Å². The molecule has 0 aliphatic heterocycles. The molecule has 0 atom stereocenters. The van der Waals surface area contributed by atoms with E-state index in [1.165, 1.54) is 0 Å². The maximum absolute atomic E-state index is 4.12. The number of thiol groups is 3. The average Bonchev–Trinajstić information content (AvgIpc) is 1.63. The smallest absolute Gasteiger partial charge is 0.00449 e. The Morgan fingerprint density at radius 3 is 1.20 bits per heavy atom. The van der Waals surface area contributed by atoms with Gasteiger partial charge >= 0.3 is 0 Å². The summed E-state index contributed by atoms with van der Waals surface area (Å²) in [6.07, 6.45) is 1.12. The van der Waals surface area contributed by atoms with E-state index in [0.717, 1.165) is 17.9 Å². The normalized spacial score (nSPS) is 10.2. The van der Waals surface area contributed by atoms with E-state index in [1.54, 1.807) is 0 Å². The van der Waals surface area contributed by atoms with E-state index in [4.69, 9.17) is 0 Å². The van der Waals surface area contributed by atoms with Crippen LogP contribution in [0.25, 0.3) is 0 Å². The van der Waals surface area contributed by atoms with Gasteiger partial charge in [-0.1, -0.05) is 20.8 Å². The minimum Gasteiger partial charge on any atom is -0.179 e. The second-order valence-corrected chi connectivity index (χ2v) is 5.21. The van der Waals surface area contributed by atoms with Crippen LogP contribution in [0.3, 0.4) is 0 Å². The van der Waals surface area contributed by atoms with Gasteiger partial charge in [0.2, 0.25) is 0 Å². The van der Waals surface area contributed by atoms with E-state index in [0.29, 0.717) is 0 Å². The highest BCUT2D eigenvalue weighted by molar-refractivity contribution is 7.81. The maximum Gasteiger partial charge on any atom is 0.00449 e. The van der Waals surface area contributed by atoms with Crippen LogP contribution in [-0.4, -0.2) is 16.3 Å². The van der Waals surface area contributed by atoms with Crippen LogP contribution in [0.2, 0.25) is 0 Å². The van der Waals surface area contributed by atoms with Gasteiger partial charge in [-0.2, -0.15) is 37.9 Å². The zero-order chi connectivity index (χ0) is 8.62. The van der Waals surface area contributed by atoms with E-state index in [9.17, 15) is 0 Å². The summed E-state index contributed by atoms with van der Waals surface area (Å²) >= 11 is 12.0. The fourth-order valence-electron chi connectivity index (χ4n) is 0.0707. The summed E-state index contributed by atoms with van der Waals surface area (Å²) in [4.78, 5) is 0. The molecule has 0 heterocycles. The summed E-state index contributed by atoms with van der Waals surface area (Å²) < 4.78 is 0.194. The van der Waals surface area contributed by atoms with Crippen molar-refractivity contribution in [1.29, 1.82) is 0 Å². The van der Waals surface area contributed by atoms with Crippen molar-refractivity contribution in [2.75, 3.05) is 11.5 Å². The number of hydrogen-bond donors (Lipinski definition) is 3. The van der Waals surface area contributed by atoms with Gasteiger partial charge in [-0.15, -0.1) is 0 Å². The summed E-state index contributed by atoms with van der Waals surface area (Å²) in [6, 6.07) is 0. The lowest BCUT2D eigenvalue weighted by molar-refractivity contribution is 0.812. The summed E-state index contributed by atoms with van der Waals surface area (Å²) in [6.45, 7) is 6.16. The molecule has 0 aliphatic carbocycles. The van der Waals surface area contributed by atoms with Gasteiger partial charge in [0, 0.05) is 4.75 Å². The molecule has 0 fully saturated rings. The monoisotopic (exact) mass is 198 g/mol. The largest absolute Gasteiger partial charge is 0.179 e. The van der Waals surface area contributed by atoms with Crippen molar-refractivity contribution in [3.63, 3.8) is 0 Å². The average molecular weight is 198 g/mol. The third-order valence-corrected chi connectivity index (χ3v) is 0.949. The Bertz CT molecular complexity index is 48.4. The Hall–Kier alpha value is 1.05. The zero-order valence-electron chi connectivity index (χ0n) is 6.96. The molecule has 0 saturated carbocycles. The Morgan fingerprint density at radius 1 is 1.00 bits per heavy atom. The highest BCUT2D eigenvalue weighted by Gasteiger charge is 1.96. The molecule has 0 unspecified atom stereocenters. The van der Waals surface area contributed by atoms with Crippen molar-refractivity contribution in [2.45, 2.75) is 31.9 Å². The third-order valence-electron chi connectivity index (χ3n) is 0.316. The summed E-state index contributed by atoms with van der Waals surface area (Å²) in [5.74, 6) is 1.92. The molecule has 0 amide bonds. The van der Waals surface area contributed by atoms with Gasteiger partial charge in [-0.25, -0.2) is 0 Å². The van der Waals surface area contributed by atoms with Crippen LogP contribution in [0.1, 0.15) is 27.2 Å². The summed E-state index contributed by atoms with van der Waals surface area (Å²) in [5.41, 5.74) is 0. The quantitative estimate of drug-likeness (QED) is 0.558. The fraction of sp³-hybridized carbons (Fsp3) is 1.00. The molecule has 0 aromatic carbocycles. The third kappa shape index (κ3) is 63.0. The standard InChI is InChI=1S/C4H10S.C3H8S2/c1-4(2,3)5;4-2-1-3-5/h5H,1-3H3;4-5H,1-3H2. The molecule has 0 rings (SSSR count). The molecule has 0 aromatic rings. The van der Waals surface area contributed by atoms with E-state index in [-0.39, 0.29) is 4.75 Å². The lowest BCUT2D eigenvalue weighted by Crippen LogP contribution is -1.99. The Kier molecular flexibility index (Phi) is 11.1. The predicted molar refractivity (Wildman–Crippen MR) is 61.1 cm³/mol. The minimum atomic E-state index is 0.194. The molecule has 0 bridgehead atoms. The van der Waals surface area contributed by atoms with Crippen molar-refractivity contribution in [1.82, 2.24) is 0 Å². The molecule has 0 aliphatic rings. The van der Waals surface area contributed by atoms with E-state index in [2.05, 4.69) is 58.7 Å². The molecule has 64 valence electrons. The minimum absolute atomic E-state index is 0.194. The topological polar surface area (TPSA) is 0 Å². The molecule has 10 heavy (non-hydrogen) atoms. The first-order valence-electron chi connectivity index (χ1n) is 3.36. The van der Waals surface area contributed by atoms with Crippen LogP contribution in [0.15, 0.2) is 0 Å². The first kappa shape index (κ1) is 13.6. The number of rotatable bonds is 2. The van der Waals surface area contributed by atoms with Gasteiger partial charge in [0.05, 0.1) is 0 Å². The Labute approximate surface area is 81.4 Å². The highest BCUT2D eigenvalue weighted by atomic mass is 32.1. The van der Waals surface area contributed by atoms with Crippen molar-refractivity contribution in [3.8, 4) is 0 Å². The van der Waals surface area contributed by atoms with E-state index >= 15 is 0 Å². The molecule has 0 N–H and O–H groups in total. The van der Waals surface area contributed by atoms with Crippen molar-refractivity contribution < 1.29 is 0 Å². The lowest BCUT2D eigenvalue weighted by Gasteiger charge is -2.04. The second kappa shape index (κ2) is 8.15. The van der Waals surface area contributed by atoms with Gasteiger partial charge in [0.15, 0.2) is 0 Å². The number of hydrogen-bond acceptors (Lipinski definition) is 3. The van der Waals surface area contributed by atoms with Gasteiger partial charge < -0.3 is 0 Å². The predicted octanol–water partition coefficient (Wildman–Crippen LogP) is 2.95. The van der Waals surface area contributed by atoms with Gasteiger partial charge in [-0.3, -0.25) is 0 Å². The lowest BCUT2D eigenvalue weighted by atomic mass is 10.3. The van der Waals surface area contributed by atoms with Crippen LogP contribution in [0.5, 0.6) is 0 Å². The molecular formula is C7H18S3. The van der Waals surface area contributed by atoms with E-state index in [1.807, 2.05) is 0 Å². The highest BCUT2D eigenvalue weighted by Crippen LogP contribution is 2.07. The Balaban J connectivity index is 0. The molecule has 0 saturated heterocycles. The van der Waals surface area contributed by atoms with Gasteiger partial charge in [-0.05, 0) is 17.9 Å². The SMILES string of the molecule is CC(C)(C)S.SCCCS. The molecular weight excluding hydrogens is 180 g/mol.